The van der Waals surface area contributed by atoms with Crippen molar-refractivity contribution in [1.82, 2.24) is 4.57 Å². The zero-order chi connectivity index (χ0) is 17.3. The van der Waals surface area contributed by atoms with Gasteiger partial charge in [-0.25, -0.2) is 0 Å². The lowest BCUT2D eigenvalue weighted by Gasteiger charge is -2.04. The Balaban J connectivity index is 2.01. The Morgan fingerprint density at radius 2 is 2.25 bits per heavy atom. The number of aromatic hydroxyl groups is 1. The Morgan fingerprint density at radius 1 is 1.46 bits per heavy atom. The number of fused-ring (bicyclic) bond motifs is 1. The van der Waals surface area contributed by atoms with Crippen LogP contribution in [0.1, 0.15) is 22.9 Å². The summed E-state index contributed by atoms with van der Waals surface area (Å²) in [4.78, 5) is 27.7. The van der Waals surface area contributed by atoms with Crippen molar-refractivity contribution in [2.75, 3.05) is 7.11 Å². The van der Waals surface area contributed by atoms with E-state index in [1.807, 2.05) is 18.2 Å². The number of allylic oxidation sites excluding steroid dienone is 1. The highest BCUT2D eigenvalue weighted by Gasteiger charge is 2.19. The molecule has 0 saturated carbocycles. The van der Waals surface area contributed by atoms with Gasteiger partial charge in [-0.05, 0) is 18.1 Å². The standard InChI is InChI=1S/C17H16N2O4S/c1-3-10-5-4-6-12-11(8-18-15(10)12)7-13-16(21)19(17(22)24-13)9-14(20)23-2/h4-8,21H,3,9H2,1-2H3/b11-7+. The molecule has 1 aliphatic heterocycles. The lowest BCUT2D eigenvalue weighted by molar-refractivity contribution is -0.141. The number of esters is 1. The summed E-state index contributed by atoms with van der Waals surface area (Å²) in [5.41, 5.74) is 3.86. The summed E-state index contributed by atoms with van der Waals surface area (Å²) in [6.07, 6.45) is 4.31. The van der Waals surface area contributed by atoms with Crippen LogP contribution in [-0.2, 0) is 22.5 Å². The predicted octanol–water partition coefficient (Wildman–Crippen LogP) is 2.61. The van der Waals surface area contributed by atoms with Crippen molar-refractivity contribution in [2.24, 2.45) is 4.99 Å². The fourth-order valence-electron chi connectivity index (χ4n) is 2.56. The van der Waals surface area contributed by atoms with Gasteiger partial charge in [0.15, 0.2) is 0 Å². The van der Waals surface area contributed by atoms with Crippen LogP contribution in [0.15, 0.2) is 28.0 Å². The van der Waals surface area contributed by atoms with E-state index >= 15 is 0 Å². The number of hydrogen-bond donors (Lipinski definition) is 1. The van der Waals surface area contributed by atoms with Gasteiger partial charge >= 0.3 is 10.8 Å². The monoisotopic (exact) mass is 344 g/mol. The highest BCUT2D eigenvalue weighted by molar-refractivity contribution is 7.10. The molecule has 0 unspecified atom stereocenters. The van der Waals surface area contributed by atoms with E-state index in [0.717, 1.165) is 44.7 Å². The van der Waals surface area contributed by atoms with Crippen LogP contribution in [0, 0.1) is 0 Å². The number of aryl methyl sites for hydroxylation is 1. The zero-order valence-corrected chi connectivity index (χ0v) is 14.1. The average molecular weight is 344 g/mol. The molecular weight excluding hydrogens is 328 g/mol. The van der Waals surface area contributed by atoms with Gasteiger partial charge < -0.3 is 9.84 Å². The fraction of sp³-hybridized carbons (Fsp3) is 0.235. The van der Waals surface area contributed by atoms with Gasteiger partial charge in [-0.1, -0.05) is 36.5 Å². The van der Waals surface area contributed by atoms with Crippen molar-refractivity contribution < 1.29 is 14.6 Å². The van der Waals surface area contributed by atoms with Gasteiger partial charge in [-0.15, -0.1) is 0 Å². The van der Waals surface area contributed by atoms with E-state index in [1.165, 1.54) is 7.11 Å². The van der Waals surface area contributed by atoms with E-state index in [4.69, 9.17) is 0 Å². The van der Waals surface area contributed by atoms with E-state index in [9.17, 15) is 14.7 Å². The quantitative estimate of drug-likeness (QED) is 0.865. The summed E-state index contributed by atoms with van der Waals surface area (Å²) in [6, 6.07) is 5.95. The van der Waals surface area contributed by atoms with Crippen LogP contribution in [-0.4, -0.2) is 29.0 Å². The van der Waals surface area contributed by atoms with Gasteiger partial charge in [-0.2, -0.15) is 0 Å². The highest BCUT2D eigenvalue weighted by Crippen LogP contribution is 2.37. The molecule has 0 spiro atoms. The number of benzene rings is 1. The number of methoxy groups -OCH3 is 1. The minimum Gasteiger partial charge on any atom is -0.493 e. The molecule has 6 nitrogen and oxygen atoms in total. The number of thiazole rings is 1. The van der Waals surface area contributed by atoms with E-state index < -0.39 is 10.8 Å². The second kappa shape index (κ2) is 6.45. The summed E-state index contributed by atoms with van der Waals surface area (Å²) in [5.74, 6) is -0.832. The largest absolute Gasteiger partial charge is 0.493 e. The van der Waals surface area contributed by atoms with Gasteiger partial charge in [0.05, 0.1) is 17.7 Å². The Hall–Kier alpha value is -2.67. The van der Waals surface area contributed by atoms with E-state index in [1.54, 1.807) is 12.3 Å². The predicted molar refractivity (Wildman–Crippen MR) is 94.1 cm³/mol. The normalized spacial score (nSPS) is 14.2. The van der Waals surface area contributed by atoms with E-state index in [0.29, 0.717) is 4.88 Å². The van der Waals surface area contributed by atoms with Gasteiger partial charge in [0.2, 0.25) is 5.88 Å². The second-order valence-electron chi connectivity index (χ2n) is 5.24. The summed E-state index contributed by atoms with van der Waals surface area (Å²) < 4.78 is 5.54. The molecule has 124 valence electrons. The van der Waals surface area contributed by atoms with Gasteiger partial charge in [0.25, 0.3) is 0 Å². The number of nitrogens with zero attached hydrogens (tertiary/aromatic N) is 2. The Labute approximate surface area is 142 Å². The third-order valence-electron chi connectivity index (χ3n) is 3.84. The number of rotatable bonds is 4. The summed E-state index contributed by atoms with van der Waals surface area (Å²) in [5, 5.41) is 10.2. The molecule has 1 aliphatic rings. The van der Waals surface area contributed by atoms with Crippen molar-refractivity contribution in [3.8, 4) is 5.88 Å². The van der Waals surface area contributed by atoms with Crippen molar-refractivity contribution in [3.05, 3.63) is 43.9 Å². The van der Waals surface area contributed by atoms with Crippen LogP contribution >= 0.6 is 11.3 Å². The summed E-state index contributed by atoms with van der Waals surface area (Å²) in [7, 11) is 1.23. The van der Waals surface area contributed by atoms with Crippen molar-refractivity contribution >= 4 is 40.9 Å². The molecule has 3 rings (SSSR count). The molecule has 7 heteroatoms. The summed E-state index contributed by atoms with van der Waals surface area (Å²) >= 11 is 0.876. The lowest BCUT2D eigenvalue weighted by Crippen LogP contribution is -2.19. The average Bonchev–Trinajstić information content (AvgIpc) is 3.11. The first-order valence-electron chi connectivity index (χ1n) is 7.42. The molecule has 1 aromatic carbocycles. The molecule has 2 aromatic rings. The molecule has 0 aliphatic carbocycles. The Kier molecular flexibility index (Phi) is 4.35. The number of ether oxygens (including phenoxy) is 1. The molecular formula is C17H16N2O4S. The number of aromatic nitrogens is 1. The highest BCUT2D eigenvalue weighted by atomic mass is 32.1. The molecule has 0 saturated heterocycles. The molecule has 0 radical (unpaired) electrons. The van der Waals surface area contributed by atoms with Crippen molar-refractivity contribution in [2.45, 2.75) is 19.9 Å². The number of carbonyl (C=O) groups is 1. The summed E-state index contributed by atoms with van der Waals surface area (Å²) in [6.45, 7) is 1.75. The van der Waals surface area contributed by atoms with Gasteiger partial charge in [0, 0.05) is 17.4 Å². The number of hydrogen-bond acceptors (Lipinski definition) is 6. The van der Waals surface area contributed by atoms with Crippen molar-refractivity contribution in [1.29, 1.82) is 0 Å². The SMILES string of the molecule is CCc1cccc2c1N=C/C2=C\c1sc(=O)n(CC(=O)OC)c1O. The topological polar surface area (TPSA) is 80.9 Å². The first-order valence-corrected chi connectivity index (χ1v) is 8.24. The molecule has 0 amide bonds. The molecule has 1 aromatic heterocycles. The maximum Gasteiger partial charge on any atom is 0.325 e. The van der Waals surface area contributed by atoms with Crippen LogP contribution < -0.4 is 4.87 Å². The minimum atomic E-state index is -0.593. The third kappa shape index (κ3) is 2.78. The third-order valence-corrected chi connectivity index (χ3v) is 4.75. The van der Waals surface area contributed by atoms with Crippen molar-refractivity contribution in [3.63, 3.8) is 0 Å². The molecule has 2 heterocycles. The van der Waals surface area contributed by atoms with Gasteiger partial charge in [0.1, 0.15) is 6.54 Å². The van der Waals surface area contributed by atoms with Crippen LogP contribution in [0.3, 0.4) is 0 Å². The Bertz CT molecular complexity index is 921. The smallest absolute Gasteiger partial charge is 0.325 e. The molecule has 0 atom stereocenters. The number of carbonyl (C=O) groups excluding carboxylic acids is 1. The van der Waals surface area contributed by atoms with Gasteiger partial charge in [-0.3, -0.25) is 19.1 Å². The van der Waals surface area contributed by atoms with E-state index in [-0.39, 0.29) is 12.4 Å². The molecule has 0 fully saturated rings. The second-order valence-corrected chi connectivity index (χ2v) is 6.24. The maximum absolute atomic E-state index is 12.0. The maximum atomic E-state index is 12.0. The van der Waals surface area contributed by atoms with Crippen LogP contribution in [0.4, 0.5) is 5.69 Å². The van der Waals surface area contributed by atoms with Crippen LogP contribution in [0.25, 0.3) is 11.6 Å². The lowest BCUT2D eigenvalue weighted by atomic mass is 10.0. The van der Waals surface area contributed by atoms with Crippen LogP contribution in [0.5, 0.6) is 5.88 Å². The first kappa shape index (κ1) is 16.2. The molecule has 24 heavy (non-hydrogen) atoms. The van der Waals surface area contributed by atoms with E-state index in [2.05, 4.69) is 16.7 Å². The number of aliphatic imine (C=N–C) groups is 1. The minimum absolute atomic E-state index is 0.239. The molecule has 1 N–H and O–H groups in total. The fourth-order valence-corrected chi connectivity index (χ4v) is 3.40. The molecule has 0 bridgehead atoms. The number of para-hydroxylation sites is 1. The Morgan fingerprint density at radius 3 is 2.96 bits per heavy atom. The van der Waals surface area contributed by atoms with Crippen LogP contribution in [0.2, 0.25) is 0 Å². The first-order chi connectivity index (χ1) is 11.5. The zero-order valence-electron chi connectivity index (χ0n) is 13.3.